The molecule has 0 radical (unpaired) electrons. The minimum absolute atomic E-state index is 0.00396. The zero-order valence-corrected chi connectivity index (χ0v) is 24.3. The van der Waals surface area contributed by atoms with E-state index < -0.39 is 4.92 Å². The topological polar surface area (TPSA) is 151 Å². The molecule has 1 amide bonds. The Labute approximate surface area is 254 Å². The minimum Gasteiger partial charge on any atom is -0.490 e. The van der Waals surface area contributed by atoms with Crippen LogP contribution in [0.3, 0.4) is 0 Å². The van der Waals surface area contributed by atoms with Gasteiger partial charge in [-0.15, -0.1) is 10.2 Å². The Morgan fingerprint density at radius 1 is 1.02 bits per heavy atom. The van der Waals surface area contributed by atoms with Gasteiger partial charge in [0.1, 0.15) is 12.4 Å². The highest BCUT2D eigenvalue weighted by atomic mass is 35.5. The maximum absolute atomic E-state index is 12.2. The molecule has 0 aliphatic carbocycles. The van der Waals surface area contributed by atoms with Crippen molar-refractivity contribution < 1.29 is 28.3 Å². The number of nitro benzene ring substituents is 1. The summed E-state index contributed by atoms with van der Waals surface area (Å²) in [5.74, 6) is 1.22. The lowest BCUT2D eigenvalue weighted by molar-refractivity contribution is -0.384. The maximum atomic E-state index is 12.2. The molecular weight excluding hydrogens is 609 g/mol. The molecule has 1 heterocycles. The van der Waals surface area contributed by atoms with Gasteiger partial charge in [-0.1, -0.05) is 35.0 Å². The summed E-state index contributed by atoms with van der Waals surface area (Å²) < 4.78 is 22.6. The SMILES string of the molecule is CCOc1cc(/C=N\NC(=O)CSc2nnc(COc3ccc(Cl)cc3Cl)o2)ccc1OCc1ccc([N+](=O)[O-])cc1. The van der Waals surface area contributed by atoms with Crippen LogP contribution in [0.2, 0.25) is 10.0 Å². The molecule has 0 atom stereocenters. The third kappa shape index (κ3) is 9.09. The van der Waals surface area contributed by atoms with E-state index in [4.69, 9.17) is 41.8 Å². The Balaban J connectivity index is 1.24. The molecule has 15 heteroatoms. The molecule has 1 aromatic heterocycles. The molecule has 0 aliphatic heterocycles. The van der Waals surface area contributed by atoms with Crippen LogP contribution in [0.25, 0.3) is 0 Å². The monoisotopic (exact) mass is 631 g/mol. The lowest BCUT2D eigenvalue weighted by Gasteiger charge is -2.12. The Bertz CT molecular complexity index is 1570. The number of carbonyl (C=O) groups is 1. The number of hydrogen-bond acceptors (Lipinski definition) is 11. The van der Waals surface area contributed by atoms with Crippen molar-refractivity contribution in [2.75, 3.05) is 12.4 Å². The van der Waals surface area contributed by atoms with Crippen LogP contribution in [0.1, 0.15) is 23.9 Å². The molecule has 0 saturated heterocycles. The lowest BCUT2D eigenvalue weighted by atomic mass is 10.2. The van der Waals surface area contributed by atoms with Crippen LogP contribution in [0, 0.1) is 10.1 Å². The Morgan fingerprint density at radius 2 is 1.79 bits per heavy atom. The van der Waals surface area contributed by atoms with Gasteiger partial charge in [0.25, 0.3) is 22.7 Å². The highest BCUT2D eigenvalue weighted by Gasteiger charge is 2.12. The van der Waals surface area contributed by atoms with Crippen molar-refractivity contribution in [1.82, 2.24) is 15.6 Å². The predicted octanol–water partition coefficient (Wildman–Crippen LogP) is 6.08. The van der Waals surface area contributed by atoms with Gasteiger partial charge in [0.05, 0.1) is 28.5 Å². The molecule has 1 N–H and O–H groups in total. The molecule has 0 spiro atoms. The van der Waals surface area contributed by atoms with E-state index in [1.807, 2.05) is 6.92 Å². The number of nitrogens with one attached hydrogen (secondary N) is 1. The van der Waals surface area contributed by atoms with Crippen molar-refractivity contribution in [2.24, 2.45) is 5.10 Å². The van der Waals surface area contributed by atoms with Crippen LogP contribution < -0.4 is 19.6 Å². The van der Waals surface area contributed by atoms with Crippen LogP contribution in [0.5, 0.6) is 17.2 Å². The number of hydrogen-bond donors (Lipinski definition) is 1. The van der Waals surface area contributed by atoms with E-state index in [9.17, 15) is 14.9 Å². The fourth-order valence-corrected chi connectivity index (χ4v) is 4.33. The van der Waals surface area contributed by atoms with Crippen molar-refractivity contribution in [3.63, 3.8) is 0 Å². The number of halogens is 2. The molecular formula is C27H23Cl2N5O7S. The second-order valence-corrected chi connectivity index (χ2v) is 10.0. The van der Waals surface area contributed by atoms with Gasteiger partial charge in [-0.2, -0.15) is 5.10 Å². The van der Waals surface area contributed by atoms with E-state index >= 15 is 0 Å². The molecule has 42 heavy (non-hydrogen) atoms. The first-order valence-electron chi connectivity index (χ1n) is 12.3. The summed E-state index contributed by atoms with van der Waals surface area (Å²) in [6.45, 7) is 2.44. The number of thioether (sulfide) groups is 1. The average Bonchev–Trinajstić information content (AvgIpc) is 3.43. The summed E-state index contributed by atoms with van der Waals surface area (Å²) in [5.41, 5.74) is 3.88. The van der Waals surface area contributed by atoms with Gasteiger partial charge in [-0.25, -0.2) is 5.43 Å². The van der Waals surface area contributed by atoms with Gasteiger partial charge < -0.3 is 18.6 Å². The molecule has 0 fully saturated rings. The highest BCUT2D eigenvalue weighted by Crippen LogP contribution is 2.30. The third-order valence-electron chi connectivity index (χ3n) is 5.23. The summed E-state index contributed by atoms with van der Waals surface area (Å²) in [6, 6.07) is 16.1. The van der Waals surface area contributed by atoms with Crippen molar-refractivity contribution in [3.05, 3.63) is 97.8 Å². The number of carbonyl (C=O) groups excluding carboxylic acids is 1. The summed E-state index contributed by atoms with van der Waals surface area (Å²) in [4.78, 5) is 22.6. The van der Waals surface area contributed by atoms with E-state index in [0.29, 0.717) is 39.5 Å². The van der Waals surface area contributed by atoms with E-state index in [-0.39, 0.29) is 41.7 Å². The Kier molecular flexibility index (Phi) is 11.0. The van der Waals surface area contributed by atoms with Crippen LogP contribution >= 0.6 is 35.0 Å². The zero-order chi connectivity index (χ0) is 29.9. The molecule has 0 aliphatic rings. The van der Waals surface area contributed by atoms with Crippen LogP contribution in [-0.4, -0.2) is 39.6 Å². The summed E-state index contributed by atoms with van der Waals surface area (Å²) in [6.07, 6.45) is 1.47. The molecule has 0 unspecified atom stereocenters. The lowest BCUT2D eigenvalue weighted by Crippen LogP contribution is -2.19. The standard InChI is InChI=1S/C27H23Cl2N5O7S/c1-2-38-24-11-18(5-9-23(24)39-14-17-3-7-20(8-4-17)34(36)37)13-30-31-25(35)16-42-27-33-32-26(41-27)15-40-22-10-6-19(28)12-21(22)29/h3-13H,2,14-16H2,1H3,(H,31,35)/b30-13-. The second kappa shape index (κ2) is 15.1. The number of nitro groups is 1. The summed E-state index contributed by atoms with van der Waals surface area (Å²) in [7, 11) is 0. The second-order valence-electron chi connectivity index (χ2n) is 8.26. The van der Waals surface area contributed by atoms with Gasteiger partial charge in [0.2, 0.25) is 0 Å². The summed E-state index contributed by atoms with van der Waals surface area (Å²) in [5, 5.41) is 23.6. The largest absolute Gasteiger partial charge is 0.490 e. The van der Waals surface area contributed by atoms with Gasteiger partial charge >= 0.3 is 0 Å². The average molecular weight is 632 g/mol. The zero-order valence-electron chi connectivity index (χ0n) is 22.0. The van der Waals surface area contributed by atoms with Gasteiger partial charge in [-0.05, 0) is 66.6 Å². The number of ether oxygens (including phenoxy) is 3. The molecule has 0 saturated carbocycles. The maximum Gasteiger partial charge on any atom is 0.277 e. The van der Waals surface area contributed by atoms with E-state index in [2.05, 4.69) is 20.7 Å². The van der Waals surface area contributed by atoms with Crippen LogP contribution in [-0.2, 0) is 18.0 Å². The number of nitrogens with zero attached hydrogens (tertiary/aromatic N) is 4. The van der Waals surface area contributed by atoms with Gasteiger partial charge in [0.15, 0.2) is 18.1 Å². The minimum atomic E-state index is -0.457. The first-order chi connectivity index (χ1) is 20.3. The number of non-ortho nitro benzene ring substituents is 1. The van der Waals surface area contributed by atoms with E-state index in [1.165, 1.54) is 18.3 Å². The highest BCUT2D eigenvalue weighted by molar-refractivity contribution is 7.99. The number of hydrazone groups is 1. The normalized spacial score (nSPS) is 10.9. The number of rotatable bonds is 14. The van der Waals surface area contributed by atoms with Crippen molar-refractivity contribution >= 4 is 52.8 Å². The fraction of sp³-hybridized carbons (Fsp3) is 0.185. The quantitative estimate of drug-likeness (QED) is 0.0749. The molecule has 3 aromatic carbocycles. The fourth-order valence-electron chi connectivity index (χ4n) is 3.29. The van der Waals surface area contributed by atoms with Crippen LogP contribution in [0.15, 0.2) is 75.4 Å². The smallest absolute Gasteiger partial charge is 0.277 e. The first kappa shape index (κ1) is 30.6. The molecule has 12 nitrogen and oxygen atoms in total. The summed E-state index contributed by atoms with van der Waals surface area (Å²) >= 11 is 13.0. The Hall–Kier alpha value is -4.33. The molecule has 4 rings (SSSR count). The molecule has 4 aromatic rings. The van der Waals surface area contributed by atoms with Crippen molar-refractivity contribution in [2.45, 2.75) is 25.4 Å². The molecule has 0 bridgehead atoms. The van der Waals surface area contributed by atoms with Gasteiger partial charge in [0, 0.05) is 17.2 Å². The number of amides is 1. The molecule has 218 valence electrons. The van der Waals surface area contributed by atoms with Crippen molar-refractivity contribution in [1.29, 1.82) is 0 Å². The van der Waals surface area contributed by atoms with E-state index in [1.54, 1.807) is 48.5 Å². The van der Waals surface area contributed by atoms with Crippen molar-refractivity contribution in [3.8, 4) is 17.2 Å². The predicted molar refractivity (Wildman–Crippen MR) is 157 cm³/mol. The third-order valence-corrected chi connectivity index (χ3v) is 6.58. The van der Waals surface area contributed by atoms with Gasteiger partial charge in [-0.3, -0.25) is 14.9 Å². The Morgan fingerprint density at radius 3 is 2.52 bits per heavy atom. The number of aromatic nitrogens is 2. The van der Waals surface area contributed by atoms with Crippen LogP contribution in [0.4, 0.5) is 5.69 Å². The van der Waals surface area contributed by atoms with E-state index in [0.717, 1.165) is 17.3 Å². The first-order valence-corrected chi connectivity index (χ1v) is 14.0. The number of benzene rings is 3.